The smallest absolute Gasteiger partial charge is 0.251 e. The van der Waals surface area contributed by atoms with Crippen molar-refractivity contribution in [3.05, 3.63) is 89.2 Å². The maximum absolute atomic E-state index is 13.7. The third-order valence-electron chi connectivity index (χ3n) is 4.95. The van der Waals surface area contributed by atoms with E-state index < -0.39 is 15.9 Å². The van der Waals surface area contributed by atoms with E-state index in [4.69, 9.17) is 9.47 Å². The molecule has 166 valence electrons. The van der Waals surface area contributed by atoms with Crippen LogP contribution in [-0.2, 0) is 23.0 Å². The molecular formula is C23H21FN2O5S. The summed E-state index contributed by atoms with van der Waals surface area (Å²) in [5.74, 6) is 0.415. The zero-order chi connectivity index (χ0) is 22.6. The van der Waals surface area contributed by atoms with Crippen LogP contribution in [-0.4, -0.2) is 27.7 Å². The van der Waals surface area contributed by atoms with Crippen molar-refractivity contribution in [2.24, 2.45) is 0 Å². The van der Waals surface area contributed by atoms with Gasteiger partial charge in [0.15, 0.2) is 11.5 Å². The summed E-state index contributed by atoms with van der Waals surface area (Å²) in [6, 6.07) is 17.3. The number of sulfonamides is 1. The van der Waals surface area contributed by atoms with Crippen LogP contribution < -0.4 is 19.5 Å². The van der Waals surface area contributed by atoms with Crippen molar-refractivity contribution in [3.63, 3.8) is 0 Å². The summed E-state index contributed by atoms with van der Waals surface area (Å²) in [4.78, 5) is 12.4. The van der Waals surface area contributed by atoms with Gasteiger partial charge in [0.25, 0.3) is 5.91 Å². The lowest BCUT2D eigenvalue weighted by Crippen LogP contribution is -2.27. The highest BCUT2D eigenvalue weighted by Crippen LogP contribution is 2.32. The number of carbonyl (C=O) groups is 1. The molecule has 0 aliphatic carbocycles. The van der Waals surface area contributed by atoms with Crippen LogP contribution in [0.5, 0.6) is 11.5 Å². The fraction of sp³-hybridized carbons (Fsp3) is 0.174. The van der Waals surface area contributed by atoms with E-state index in [2.05, 4.69) is 10.0 Å². The molecular weight excluding hydrogens is 435 g/mol. The first-order valence-corrected chi connectivity index (χ1v) is 11.4. The predicted molar refractivity (Wildman–Crippen MR) is 115 cm³/mol. The SMILES string of the molecule is O=C(NCCc1ccccc1F)c1cccc(S(=O)(=O)NCc2ccc3c(c2)OCO3)c1. The third-order valence-corrected chi connectivity index (χ3v) is 6.35. The highest BCUT2D eigenvalue weighted by molar-refractivity contribution is 7.89. The molecule has 0 saturated carbocycles. The minimum Gasteiger partial charge on any atom is -0.454 e. The van der Waals surface area contributed by atoms with Crippen LogP contribution in [0.3, 0.4) is 0 Å². The van der Waals surface area contributed by atoms with Crippen molar-refractivity contribution in [1.82, 2.24) is 10.0 Å². The molecule has 1 amide bonds. The van der Waals surface area contributed by atoms with E-state index in [9.17, 15) is 17.6 Å². The van der Waals surface area contributed by atoms with Gasteiger partial charge in [0.05, 0.1) is 4.90 Å². The molecule has 4 rings (SSSR count). The number of halogens is 1. The lowest BCUT2D eigenvalue weighted by atomic mass is 10.1. The van der Waals surface area contributed by atoms with Crippen LogP contribution in [0, 0.1) is 5.82 Å². The first kappa shape index (κ1) is 21.8. The Labute approximate surface area is 185 Å². The van der Waals surface area contributed by atoms with Gasteiger partial charge < -0.3 is 14.8 Å². The zero-order valence-electron chi connectivity index (χ0n) is 17.0. The Morgan fingerprint density at radius 3 is 2.62 bits per heavy atom. The topological polar surface area (TPSA) is 93.7 Å². The van der Waals surface area contributed by atoms with Crippen LogP contribution in [0.2, 0.25) is 0 Å². The highest BCUT2D eigenvalue weighted by atomic mass is 32.2. The Morgan fingerprint density at radius 2 is 1.78 bits per heavy atom. The molecule has 0 atom stereocenters. The van der Waals surface area contributed by atoms with E-state index in [1.54, 1.807) is 36.4 Å². The molecule has 3 aromatic rings. The maximum Gasteiger partial charge on any atom is 0.251 e. The fourth-order valence-electron chi connectivity index (χ4n) is 3.23. The van der Waals surface area contributed by atoms with Crippen molar-refractivity contribution in [1.29, 1.82) is 0 Å². The molecule has 0 aromatic heterocycles. The number of rotatable bonds is 8. The minimum atomic E-state index is -3.85. The van der Waals surface area contributed by atoms with Crippen molar-refractivity contribution >= 4 is 15.9 Å². The number of carbonyl (C=O) groups excluding carboxylic acids is 1. The lowest BCUT2D eigenvalue weighted by Gasteiger charge is -2.10. The summed E-state index contributed by atoms with van der Waals surface area (Å²) >= 11 is 0. The Morgan fingerprint density at radius 1 is 0.969 bits per heavy atom. The van der Waals surface area contributed by atoms with E-state index in [1.165, 1.54) is 30.3 Å². The largest absolute Gasteiger partial charge is 0.454 e. The summed E-state index contributed by atoms with van der Waals surface area (Å²) in [5, 5.41) is 2.69. The van der Waals surface area contributed by atoms with Crippen LogP contribution in [0.15, 0.2) is 71.6 Å². The number of ether oxygens (including phenoxy) is 2. The number of nitrogens with one attached hydrogen (secondary N) is 2. The van der Waals surface area contributed by atoms with Gasteiger partial charge in [-0.3, -0.25) is 4.79 Å². The van der Waals surface area contributed by atoms with Gasteiger partial charge in [-0.25, -0.2) is 17.5 Å². The molecule has 0 saturated heterocycles. The molecule has 0 spiro atoms. The highest BCUT2D eigenvalue weighted by Gasteiger charge is 2.18. The standard InChI is InChI=1S/C23H21FN2O5S/c24-20-7-2-1-4-17(20)10-11-25-23(27)18-5-3-6-19(13-18)32(28,29)26-14-16-8-9-21-22(12-16)31-15-30-21/h1-9,12-13,26H,10-11,14-15H2,(H,25,27). The number of hydrogen-bond acceptors (Lipinski definition) is 5. The molecule has 0 fully saturated rings. The van der Waals surface area contributed by atoms with Crippen molar-refractivity contribution < 1.29 is 27.1 Å². The predicted octanol–water partition coefficient (Wildman–Crippen LogP) is 3.01. The van der Waals surface area contributed by atoms with Crippen LogP contribution in [0.4, 0.5) is 4.39 Å². The molecule has 1 aliphatic heterocycles. The summed E-state index contributed by atoms with van der Waals surface area (Å²) in [6.07, 6.45) is 0.327. The van der Waals surface area contributed by atoms with E-state index in [0.717, 1.165) is 0 Å². The molecule has 1 heterocycles. The van der Waals surface area contributed by atoms with Gasteiger partial charge in [-0.05, 0) is 53.9 Å². The van der Waals surface area contributed by atoms with Gasteiger partial charge in [-0.15, -0.1) is 0 Å². The van der Waals surface area contributed by atoms with Crippen molar-refractivity contribution in [2.45, 2.75) is 17.9 Å². The van der Waals surface area contributed by atoms with E-state index in [1.807, 2.05) is 0 Å². The Bertz CT molecular complexity index is 1250. The van der Waals surface area contributed by atoms with Gasteiger partial charge in [0.1, 0.15) is 5.82 Å². The first-order valence-electron chi connectivity index (χ1n) is 9.92. The first-order chi connectivity index (χ1) is 15.4. The molecule has 9 heteroatoms. The average Bonchev–Trinajstić information content (AvgIpc) is 3.27. The Balaban J connectivity index is 1.37. The molecule has 32 heavy (non-hydrogen) atoms. The van der Waals surface area contributed by atoms with Gasteiger partial charge >= 0.3 is 0 Å². The number of hydrogen-bond donors (Lipinski definition) is 2. The van der Waals surface area contributed by atoms with E-state index in [-0.39, 0.29) is 36.2 Å². The second-order valence-electron chi connectivity index (χ2n) is 7.14. The van der Waals surface area contributed by atoms with Gasteiger partial charge in [-0.2, -0.15) is 0 Å². The van der Waals surface area contributed by atoms with E-state index >= 15 is 0 Å². The van der Waals surface area contributed by atoms with Gasteiger partial charge in [-0.1, -0.05) is 30.3 Å². The minimum absolute atomic E-state index is 0.0278. The molecule has 1 aliphatic rings. The maximum atomic E-state index is 13.7. The monoisotopic (exact) mass is 456 g/mol. The van der Waals surface area contributed by atoms with Crippen LogP contribution in [0.1, 0.15) is 21.5 Å². The quantitative estimate of drug-likeness (QED) is 0.544. The summed E-state index contributed by atoms with van der Waals surface area (Å²) in [7, 11) is -3.85. The third kappa shape index (κ3) is 5.06. The zero-order valence-corrected chi connectivity index (χ0v) is 17.8. The molecule has 0 unspecified atom stereocenters. The van der Waals surface area contributed by atoms with Crippen molar-refractivity contribution in [2.75, 3.05) is 13.3 Å². The van der Waals surface area contributed by atoms with Gasteiger partial charge in [0, 0.05) is 18.7 Å². The summed E-state index contributed by atoms with van der Waals surface area (Å²) in [5.41, 5.74) is 1.40. The van der Waals surface area contributed by atoms with Crippen LogP contribution >= 0.6 is 0 Å². The van der Waals surface area contributed by atoms with Crippen molar-refractivity contribution in [3.8, 4) is 11.5 Å². The molecule has 7 nitrogen and oxygen atoms in total. The summed E-state index contributed by atoms with van der Waals surface area (Å²) in [6.45, 7) is 0.413. The molecule has 3 aromatic carbocycles. The molecule has 0 radical (unpaired) electrons. The number of amides is 1. The second-order valence-corrected chi connectivity index (χ2v) is 8.90. The average molecular weight is 456 g/mol. The Kier molecular flexibility index (Phi) is 6.38. The summed E-state index contributed by atoms with van der Waals surface area (Å²) < 4.78 is 52.2. The normalized spacial score (nSPS) is 12.5. The number of benzene rings is 3. The molecule has 2 N–H and O–H groups in total. The number of fused-ring (bicyclic) bond motifs is 1. The lowest BCUT2D eigenvalue weighted by molar-refractivity contribution is 0.0953. The van der Waals surface area contributed by atoms with Gasteiger partial charge in [0.2, 0.25) is 16.8 Å². The Hall–Kier alpha value is -3.43. The van der Waals surface area contributed by atoms with Crippen LogP contribution in [0.25, 0.3) is 0 Å². The molecule has 0 bridgehead atoms. The van der Waals surface area contributed by atoms with E-state index in [0.29, 0.717) is 29.0 Å². The second kappa shape index (κ2) is 9.37. The fourth-order valence-corrected chi connectivity index (χ4v) is 4.29.